The average Bonchev–Trinajstić information content (AvgIpc) is 3.06. The predicted octanol–water partition coefficient (Wildman–Crippen LogP) is 4.86. The first-order chi connectivity index (χ1) is 13.1. The van der Waals surface area contributed by atoms with Gasteiger partial charge >= 0.3 is 0 Å². The van der Waals surface area contributed by atoms with Crippen molar-refractivity contribution in [3.8, 4) is 17.0 Å². The van der Waals surface area contributed by atoms with Gasteiger partial charge in [-0.25, -0.2) is 9.38 Å². The topological polar surface area (TPSA) is 38.5 Å². The molecule has 0 atom stereocenters. The molecule has 142 valence electrons. The van der Waals surface area contributed by atoms with E-state index in [-0.39, 0.29) is 5.82 Å². The standard InChI is InChI=1S/C20H21ClFN3OS/c1-23-10-3-11-25-18(14-4-7-16(22)8-5-14)13-27-20(25)24-17-9-6-15(21)12-19(17)26-2/h4-9,12-13,23H,3,10-11H2,1-2H3. The zero-order valence-electron chi connectivity index (χ0n) is 15.2. The number of methoxy groups -OCH3 is 1. The SMILES string of the molecule is CNCCCn1c(-c2ccc(F)cc2)csc1=Nc1ccc(Cl)cc1OC. The smallest absolute Gasteiger partial charge is 0.190 e. The molecule has 0 spiro atoms. The van der Waals surface area contributed by atoms with Gasteiger partial charge < -0.3 is 14.6 Å². The summed E-state index contributed by atoms with van der Waals surface area (Å²) < 4.78 is 20.9. The van der Waals surface area contributed by atoms with E-state index in [1.807, 2.05) is 18.5 Å². The number of nitrogens with zero attached hydrogens (tertiary/aromatic N) is 2. The molecule has 0 aliphatic rings. The van der Waals surface area contributed by atoms with E-state index >= 15 is 0 Å². The van der Waals surface area contributed by atoms with Crippen LogP contribution in [0.3, 0.4) is 0 Å². The molecular formula is C20H21ClFN3OS. The van der Waals surface area contributed by atoms with Gasteiger partial charge in [-0.15, -0.1) is 11.3 Å². The molecule has 3 aromatic rings. The van der Waals surface area contributed by atoms with Crippen LogP contribution >= 0.6 is 22.9 Å². The summed E-state index contributed by atoms with van der Waals surface area (Å²) in [4.78, 5) is 5.65. The minimum atomic E-state index is -0.244. The van der Waals surface area contributed by atoms with E-state index in [4.69, 9.17) is 21.3 Å². The molecule has 0 bridgehead atoms. The number of halogens is 2. The summed E-state index contributed by atoms with van der Waals surface area (Å²) in [5, 5.41) is 5.82. The summed E-state index contributed by atoms with van der Waals surface area (Å²) in [5.41, 5.74) is 2.70. The summed E-state index contributed by atoms with van der Waals surface area (Å²) in [5.74, 6) is 0.382. The van der Waals surface area contributed by atoms with Crippen LogP contribution in [0, 0.1) is 5.82 Å². The van der Waals surface area contributed by atoms with E-state index < -0.39 is 0 Å². The Morgan fingerprint density at radius 2 is 2.00 bits per heavy atom. The molecular weight excluding hydrogens is 385 g/mol. The first-order valence-electron chi connectivity index (χ1n) is 8.59. The highest BCUT2D eigenvalue weighted by molar-refractivity contribution is 7.07. The van der Waals surface area contributed by atoms with Crippen molar-refractivity contribution in [2.45, 2.75) is 13.0 Å². The molecule has 0 fully saturated rings. The molecule has 2 aromatic carbocycles. The van der Waals surface area contributed by atoms with Crippen molar-refractivity contribution < 1.29 is 9.13 Å². The van der Waals surface area contributed by atoms with Gasteiger partial charge in [0.1, 0.15) is 17.3 Å². The minimum Gasteiger partial charge on any atom is -0.494 e. The van der Waals surface area contributed by atoms with Crippen LogP contribution in [0.2, 0.25) is 5.02 Å². The maximum absolute atomic E-state index is 13.3. The maximum atomic E-state index is 13.3. The van der Waals surface area contributed by atoms with Gasteiger partial charge in [0.05, 0.1) is 12.8 Å². The third-order valence-corrected chi connectivity index (χ3v) is 5.20. The second-order valence-electron chi connectivity index (χ2n) is 5.95. The second kappa shape index (κ2) is 9.17. The first kappa shape index (κ1) is 19.6. The van der Waals surface area contributed by atoms with Crippen LogP contribution in [0.4, 0.5) is 10.1 Å². The Hall–Kier alpha value is -2.15. The zero-order valence-corrected chi connectivity index (χ0v) is 16.8. The number of benzene rings is 2. The Kier molecular flexibility index (Phi) is 6.66. The molecule has 4 nitrogen and oxygen atoms in total. The van der Waals surface area contributed by atoms with E-state index in [0.29, 0.717) is 10.8 Å². The number of aromatic nitrogens is 1. The highest BCUT2D eigenvalue weighted by Crippen LogP contribution is 2.30. The average molecular weight is 406 g/mol. The molecule has 0 amide bonds. The Labute approximate surface area is 166 Å². The molecule has 0 saturated carbocycles. The monoisotopic (exact) mass is 405 g/mol. The summed E-state index contributed by atoms with van der Waals surface area (Å²) in [6.45, 7) is 1.70. The van der Waals surface area contributed by atoms with Crippen LogP contribution in [-0.4, -0.2) is 25.3 Å². The lowest BCUT2D eigenvalue weighted by atomic mass is 10.1. The fraction of sp³-hybridized carbons (Fsp3) is 0.250. The molecule has 7 heteroatoms. The Morgan fingerprint density at radius 3 is 2.70 bits per heavy atom. The fourth-order valence-electron chi connectivity index (χ4n) is 2.75. The van der Waals surface area contributed by atoms with Gasteiger partial charge in [-0.1, -0.05) is 11.6 Å². The van der Waals surface area contributed by atoms with Gasteiger partial charge in [0, 0.05) is 23.0 Å². The van der Waals surface area contributed by atoms with Crippen LogP contribution in [0.5, 0.6) is 5.75 Å². The number of rotatable bonds is 7. The normalized spacial score (nSPS) is 11.8. The Bertz CT molecular complexity index is 966. The molecule has 0 aliphatic carbocycles. The van der Waals surface area contributed by atoms with Gasteiger partial charge in [-0.2, -0.15) is 0 Å². The Balaban J connectivity index is 2.08. The number of thiazole rings is 1. The molecule has 0 unspecified atom stereocenters. The second-order valence-corrected chi connectivity index (χ2v) is 7.22. The number of hydrogen-bond acceptors (Lipinski definition) is 4. The van der Waals surface area contributed by atoms with E-state index in [2.05, 4.69) is 9.88 Å². The highest BCUT2D eigenvalue weighted by atomic mass is 35.5. The van der Waals surface area contributed by atoms with Gasteiger partial charge in [-0.05, 0) is 62.0 Å². The third-order valence-electron chi connectivity index (χ3n) is 4.10. The summed E-state index contributed by atoms with van der Waals surface area (Å²) in [6, 6.07) is 11.9. The quantitative estimate of drug-likeness (QED) is 0.570. The molecule has 27 heavy (non-hydrogen) atoms. The van der Waals surface area contributed by atoms with Crippen LogP contribution in [0.25, 0.3) is 11.3 Å². The van der Waals surface area contributed by atoms with E-state index in [1.54, 1.807) is 42.7 Å². The maximum Gasteiger partial charge on any atom is 0.190 e. The largest absolute Gasteiger partial charge is 0.494 e. The molecule has 0 radical (unpaired) electrons. The van der Waals surface area contributed by atoms with Crippen LogP contribution in [0.15, 0.2) is 52.8 Å². The Morgan fingerprint density at radius 1 is 1.22 bits per heavy atom. The number of nitrogens with one attached hydrogen (secondary N) is 1. The minimum absolute atomic E-state index is 0.244. The lowest BCUT2D eigenvalue weighted by Gasteiger charge is -2.10. The predicted molar refractivity (Wildman–Crippen MR) is 109 cm³/mol. The van der Waals surface area contributed by atoms with E-state index in [1.165, 1.54) is 12.1 Å². The van der Waals surface area contributed by atoms with Crippen molar-refractivity contribution in [3.05, 3.63) is 63.5 Å². The van der Waals surface area contributed by atoms with Crippen molar-refractivity contribution in [1.29, 1.82) is 0 Å². The summed E-state index contributed by atoms with van der Waals surface area (Å²) in [6.07, 6.45) is 0.951. The van der Waals surface area contributed by atoms with Crippen molar-refractivity contribution in [2.75, 3.05) is 20.7 Å². The van der Waals surface area contributed by atoms with E-state index in [0.717, 1.165) is 41.3 Å². The van der Waals surface area contributed by atoms with Crippen molar-refractivity contribution in [3.63, 3.8) is 0 Å². The van der Waals surface area contributed by atoms with Crippen molar-refractivity contribution >= 4 is 28.6 Å². The lowest BCUT2D eigenvalue weighted by Crippen LogP contribution is -2.19. The zero-order chi connectivity index (χ0) is 19.2. The lowest BCUT2D eigenvalue weighted by molar-refractivity contribution is 0.416. The van der Waals surface area contributed by atoms with Gasteiger partial charge in [0.25, 0.3) is 0 Å². The summed E-state index contributed by atoms with van der Waals surface area (Å²) >= 11 is 7.59. The number of ether oxygens (including phenoxy) is 1. The third kappa shape index (κ3) is 4.77. The van der Waals surface area contributed by atoms with Crippen molar-refractivity contribution in [1.82, 2.24) is 9.88 Å². The van der Waals surface area contributed by atoms with Gasteiger partial charge in [0.2, 0.25) is 0 Å². The molecule has 0 aliphatic heterocycles. The number of hydrogen-bond donors (Lipinski definition) is 1. The fourth-order valence-corrected chi connectivity index (χ4v) is 3.86. The van der Waals surface area contributed by atoms with Gasteiger partial charge in [0.15, 0.2) is 4.80 Å². The van der Waals surface area contributed by atoms with Crippen molar-refractivity contribution in [2.24, 2.45) is 4.99 Å². The van der Waals surface area contributed by atoms with Crippen LogP contribution in [-0.2, 0) is 6.54 Å². The molecule has 0 saturated heterocycles. The summed E-state index contributed by atoms with van der Waals surface area (Å²) in [7, 11) is 3.53. The van der Waals surface area contributed by atoms with Gasteiger partial charge in [-0.3, -0.25) is 0 Å². The van der Waals surface area contributed by atoms with E-state index in [9.17, 15) is 4.39 Å². The van der Waals surface area contributed by atoms with Crippen LogP contribution < -0.4 is 14.9 Å². The molecule has 1 heterocycles. The molecule has 1 aromatic heterocycles. The van der Waals surface area contributed by atoms with Crippen LogP contribution in [0.1, 0.15) is 6.42 Å². The molecule has 1 N–H and O–H groups in total. The highest BCUT2D eigenvalue weighted by Gasteiger charge is 2.10. The molecule has 3 rings (SSSR count). The first-order valence-corrected chi connectivity index (χ1v) is 9.85.